The number of anilines is 2. The van der Waals surface area contributed by atoms with Crippen molar-refractivity contribution in [3.05, 3.63) is 59.2 Å². The van der Waals surface area contributed by atoms with Crippen molar-refractivity contribution >= 4 is 35.1 Å². The summed E-state index contributed by atoms with van der Waals surface area (Å²) >= 11 is 0. The highest BCUT2D eigenvalue weighted by atomic mass is 16.5. The molecule has 0 aliphatic carbocycles. The topological polar surface area (TPSA) is 92.8 Å². The van der Waals surface area contributed by atoms with Crippen LogP contribution in [0.25, 0.3) is 0 Å². The number of hydrogen-bond donors (Lipinski definition) is 1. The van der Waals surface area contributed by atoms with Gasteiger partial charge in [-0.05, 0) is 55.3 Å². The van der Waals surface area contributed by atoms with E-state index in [0.717, 1.165) is 16.0 Å². The van der Waals surface area contributed by atoms with Crippen molar-refractivity contribution in [2.24, 2.45) is 0 Å². The van der Waals surface area contributed by atoms with E-state index < -0.39 is 18.5 Å². The third-order valence-corrected chi connectivity index (χ3v) is 4.23. The van der Waals surface area contributed by atoms with Gasteiger partial charge in [-0.2, -0.15) is 0 Å². The minimum Gasteiger partial charge on any atom is -0.452 e. The summed E-state index contributed by atoms with van der Waals surface area (Å²) in [7, 11) is 0. The van der Waals surface area contributed by atoms with Gasteiger partial charge in [0.05, 0.1) is 11.3 Å². The molecule has 1 heterocycles. The van der Waals surface area contributed by atoms with Crippen LogP contribution in [0.15, 0.2) is 42.5 Å². The molecule has 7 heteroatoms. The zero-order valence-electron chi connectivity index (χ0n) is 15.7. The highest BCUT2D eigenvalue weighted by Crippen LogP contribution is 2.23. The lowest BCUT2D eigenvalue weighted by Gasteiger charge is -2.14. The minimum absolute atomic E-state index is 0.157. The summed E-state index contributed by atoms with van der Waals surface area (Å²) in [5.41, 5.74) is 3.13. The van der Waals surface area contributed by atoms with E-state index in [1.54, 1.807) is 12.1 Å². The first-order chi connectivity index (χ1) is 13.3. The number of hydrogen-bond acceptors (Lipinski definition) is 5. The lowest BCUT2D eigenvalue weighted by atomic mass is 10.1. The third kappa shape index (κ3) is 4.43. The molecule has 1 aliphatic rings. The van der Waals surface area contributed by atoms with Gasteiger partial charge < -0.3 is 10.1 Å². The van der Waals surface area contributed by atoms with Crippen LogP contribution < -0.4 is 10.2 Å². The number of carbonyl (C=O) groups is 4. The van der Waals surface area contributed by atoms with Gasteiger partial charge in [0, 0.05) is 18.5 Å². The SMILES string of the molecule is Cc1cc(C)cc(NC(=O)COC(=O)c2cccc(N3C(=O)CCC3=O)c2)c1. The van der Waals surface area contributed by atoms with Gasteiger partial charge in [-0.3, -0.25) is 19.3 Å². The highest BCUT2D eigenvalue weighted by molar-refractivity contribution is 6.20. The van der Waals surface area contributed by atoms with Gasteiger partial charge in [-0.15, -0.1) is 0 Å². The van der Waals surface area contributed by atoms with E-state index in [-0.39, 0.29) is 30.2 Å². The minimum atomic E-state index is -0.712. The third-order valence-electron chi connectivity index (χ3n) is 4.23. The molecule has 28 heavy (non-hydrogen) atoms. The number of benzene rings is 2. The predicted molar refractivity (Wildman–Crippen MR) is 103 cm³/mol. The molecule has 0 bridgehead atoms. The van der Waals surface area contributed by atoms with Crippen LogP contribution in [0.3, 0.4) is 0 Å². The van der Waals surface area contributed by atoms with Gasteiger partial charge in [-0.1, -0.05) is 12.1 Å². The van der Waals surface area contributed by atoms with E-state index in [2.05, 4.69) is 5.32 Å². The van der Waals surface area contributed by atoms with Crippen LogP contribution in [-0.2, 0) is 19.1 Å². The molecule has 0 aromatic heterocycles. The standard InChI is InChI=1S/C21H20N2O5/c1-13-8-14(2)10-16(9-13)22-18(24)12-28-21(27)15-4-3-5-17(11-15)23-19(25)6-7-20(23)26/h3-5,8-11H,6-7,12H2,1-2H3,(H,22,24). The Morgan fingerprint density at radius 2 is 1.64 bits per heavy atom. The van der Waals surface area contributed by atoms with Crippen LogP contribution in [-0.4, -0.2) is 30.3 Å². The Labute approximate surface area is 162 Å². The highest BCUT2D eigenvalue weighted by Gasteiger charge is 2.30. The van der Waals surface area contributed by atoms with E-state index in [1.165, 1.54) is 12.1 Å². The van der Waals surface area contributed by atoms with Crippen LogP contribution in [0.5, 0.6) is 0 Å². The molecular formula is C21H20N2O5. The fraction of sp³-hybridized carbons (Fsp3) is 0.238. The molecule has 144 valence electrons. The Morgan fingerprint density at radius 3 is 2.29 bits per heavy atom. The van der Waals surface area contributed by atoms with Gasteiger partial charge in [0.25, 0.3) is 5.91 Å². The Bertz CT molecular complexity index is 931. The molecule has 0 atom stereocenters. The van der Waals surface area contributed by atoms with Crippen molar-refractivity contribution in [3.63, 3.8) is 0 Å². The van der Waals surface area contributed by atoms with Crippen LogP contribution in [0.1, 0.15) is 34.3 Å². The summed E-state index contributed by atoms with van der Waals surface area (Å²) in [5.74, 6) is -1.78. The van der Waals surface area contributed by atoms with E-state index >= 15 is 0 Å². The lowest BCUT2D eigenvalue weighted by molar-refractivity contribution is -0.121. The Morgan fingerprint density at radius 1 is 1.00 bits per heavy atom. The molecule has 0 unspecified atom stereocenters. The van der Waals surface area contributed by atoms with Gasteiger partial charge in [0.1, 0.15) is 0 Å². The van der Waals surface area contributed by atoms with E-state index in [1.807, 2.05) is 32.0 Å². The molecule has 3 amide bonds. The maximum Gasteiger partial charge on any atom is 0.338 e. The maximum atomic E-state index is 12.2. The second kappa shape index (κ2) is 8.04. The summed E-state index contributed by atoms with van der Waals surface area (Å²) in [6, 6.07) is 11.7. The molecule has 1 N–H and O–H groups in total. The summed E-state index contributed by atoms with van der Waals surface area (Å²) in [6.07, 6.45) is 0.318. The van der Waals surface area contributed by atoms with Gasteiger partial charge in [-0.25, -0.2) is 4.79 Å². The van der Waals surface area contributed by atoms with Crippen molar-refractivity contribution < 1.29 is 23.9 Å². The molecule has 1 aliphatic heterocycles. The molecule has 0 saturated carbocycles. The van der Waals surface area contributed by atoms with Crippen LogP contribution in [0.4, 0.5) is 11.4 Å². The fourth-order valence-corrected chi connectivity index (χ4v) is 3.09. The molecular weight excluding hydrogens is 360 g/mol. The first-order valence-corrected chi connectivity index (χ1v) is 8.84. The molecule has 7 nitrogen and oxygen atoms in total. The average molecular weight is 380 g/mol. The molecule has 1 fully saturated rings. The van der Waals surface area contributed by atoms with E-state index in [0.29, 0.717) is 11.4 Å². The monoisotopic (exact) mass is 380 g/mol. The Balaban J connectivity index is 1.62. The second-order valence-corrected chi connectivity index (χ2v) is 6.67. The zero-order valence-corrected chi connectivity index (χ0v) is 15.7. The number of nitrogens with zero attached hydrogens (tertiary/aromatic N) is 1. The summed E-state index contributed by atoms with van der Waals surface area (Å²) in [6.45, 7) is 3.40. The van der Waals surface area contributed by atoms with Crippen molar-refractivity contribution in [2.45, 2.75) is 26.7 Å². The van der Waals surface area contributed by atoms with Gasteiger partial charge >= 0.3 is 5.97 Å². The van der Waals surface area contributed by atoms with E-state index in [9.17, 15) is 19.2 Å². The number of carbonyl (C=O) groups excluding carboxylic acids is 4. The van der Waals surface area contributed by atoms with Crippen LogP contribution in [0, 0.1) is 13.8 Å². The predicted octanol–water partition coefficient (Wildman–Crippen LogP) is 2.75. The largest absolute Gasteiger partial charge is 0.452 e. The van der Waals surface area contributed by atoms with Crippen LogP contribution in [0.2, 0.25) is 0 Å². The van der Waals surface area contributed by atoms with Crippen LogP contribution >= 0.6 is 0 Å². The molecule has 3 rings (SSSR count). The van der Waals surface area contributed by atoms with Crippen molar-refractivity contribution in [3.8, 4) is 0 Å². The Kier molecular flexibility index (Phi) is 5.54. The molecule has 1 saturated heterocycles. The summed E-state index contributed by atoms with van der Waals surface area (Å²) < 4.78 is 5.05. The number of ether oxygens (including phenoxy) is 1. The normalized spacial score (nSPS) is 13.6. The molecule has 2 aromatic rings. The Hall–Kier alpha value is -3.48. The second-order valence-electron chi connectivity index (χ2n) is 6.67. The smallest absolute Gasteiger partial charge is 0.338 e. The van der Waals surface area contributed by atoms with E-state index in [4.69, 9.17) is 4.74 Å². The quantitative estimate of drug-likeness (QED) is 0.636. The number of amides is 3. The lowest BCUT2D eigenvalue weighted by Crippen LogP contribution is -2.28. The fourth-order valence-electron chi connectivity index (χ4n) is 3.09. The summed E-state index contributed by atoms with van der Waals surface area (Å²) in [5, 5.41) is 2.68. The molecule has 0 spiro atoms. The first kappa shape index (κ1) is 19.3. The first-order valence-electron chi connectivity index (χ1n) is 8.84. The summed E-state index contributed by atoms with van der Waals surface area (Å²) in [4.78, 5) is 49.0. The number of aryl methyl sites for hydroxylation is 2. The zero-order chi connectivity index (χ0) is 20.3. The maximum absolute atomic E-state index is 12.2. The number of esters is 1. The number of nitrogens with one attached hydrogen (secondary N) is 1. The number of imide groups is 1. The van der Waals surface area contributed by atoms with Crippen molar-refractivity contribution in [1.29, 1.82) is 0 Å². The average Bonchev–Trinajstić information content (AvgIpc) is 2.97. The number of rotatable bonds is 5. The van der Waals surface area contributed by atoms with Gasteiger partial charge in [0.2, 0.25) is 11.8 Å². The van der Waals surface area contributed by atoms with Crippen molar-refractivity contribution in [2.75, 3.05) is 16.8 Å². The van der Waals surface area contributed by atoms with Gasteiger partial charge in [0.15, 0.2) is 6.61 Å². The molecule has 0 radical (unpaired) electrons. The van der Waals surface area contributed by atoms with Crippen molar-refractivity contribution in [1.82, 2.24) is 0 Å². The molecule has 2 aromatic carbocycles.